The Morgan fingerprint density at radius 2 is 1.71 bits per heavy atom. The van der Waals surface area contributed by atoms with Crippen molar-refractivity contribution in [1.82, 2.24) is 10.2 Å². The molecular formula is C26H27ClN4O3. The number of hydrogen-bond donors (Lipinski definition) is 2. The number of carbonyl (C=O) groups excluding carboxylic acids is 1. The van der Waals surface area contributed by atoms with Crippen molar-refractivity contribution in [1.29, 1.82) is 0 Å². The molecule has 2 heterocycles. The molecule has 8 heteroatoms. The van der Waals surface area contributed by atoms with E-state index in [2.05, 4.69) is 50.8 Å². The minimum Gasteiger partial charge on any atom is -0.454 e. The molecule has 2 aliphatic heterocycles. The van der Waals surface area contributed by atoms with Gasteiger partial charge in [-0.1, -0.05) is 41.9 Å². The Morgan fingerprint density at radius 3 is 2.50 bits per heavy atom. The summed E-state index contributed by atoms with van der Waals surface area (Å²) in [6.45, 7) is 4.29. The maximum Gasteiger partial charge on any atom is 0.319 e. The zero-order chi connectivity index (χ0) is 23.3. The summed E-state index contributed by atoms with van der Waals surface area (Å²) in [5, 5.41) is 6.47. The number of nitrogens with one attached hydrogen (secondary N) is 2. The Bertz CT molecular complexity index is 1140. The highest BCUT2D eigenvalue weighted by Crippen LogP contribution is 2.35. The van der Waals surface area contributed by atoms with Crippen LogP contribution in [-0.2, 0) is 0 Å². The van der Waals surface area contributed by atoms with E-state index in [0.29, 0.717) is 17.3 Å². The summed E-state index contributed by atoms with van der Waals surface area (Å²) in [6.07, 6.45) is 0. The molecule has 0 radical (unpaired) electrons. The van der Waals surface area contributed by atoms with Gasteiger partial charge in [0, 0.05) is 49.1 Å². The van der Waals surface area contributed by atoms with Crippen LogP contribution in [0.2, 0.25) is 5.02 Å². The fourth-order valence-corrected chi connectivity index (χ4v) is 4.63. The van der Waals surface area contributed by atoms with Gasteiger partial charge in [0.05, 0.1) is 6.04 Å². The van der Waals surface area contributed by atoms with Gasteiger partial charge < -0.3 is 25.0 Å². The summed E-state index contributed by atoms with van der Waals surface area (Å²) in [5.41, 5.74) is 2.97. The van der Waals surface area contributed by atoms with Gasteiger partial charge in [-0.25, -0.2) is 4.79 Å². The van der Waals surface area contributed by atoms with Gasteiger partial charge in [-0.05, 0) is 48.0 Å². The van der Waals surface area contributed by atoms with E-state index in [9.17, 15) is 4.79 Å². The van der Waals surface area contributed by atoms with Crippen LogP contribution in [0.25, 0.3) is 0 Å². The molecule has 2 aliphatic rings. The number of rotatable bonds is 6. The lowest BCUT2D eigenvalue weighted by Crippen LogP contribution is -2.50. The van der Waals surface area contributed by atoms with Gasteiger partial charge in [-0.15, -0.1) is 0 Å². The van der Waals surface area contributed by atoms with Crippen molar-refractivity contribution in [3.8, 4) is 11.5 Å². The van der Waals surface area contributed by atoms with E-state index < -0.39 is 0 Å². The van der Waals surface area contributed by atoms with Crippen molar-refractivity contribution in [3.63, 3.8) is 0 Å². The van der Waals surface area contributed by atoms with E-state index in [4.69, 9.17) is 21.1 Å². The number of benzene rings is 3. The number of piperazine rings is 1. The van der Waals surface area contributed by atoms with Crippen molar-refractivity contribution in [2.45, 2.75) is 6.04 Å². The second kappa shape index (κ2) is 10.2. The van der Waals surface area contributed by atoms with Crippen LogP contribution in [0.1, 0.15) is 11.6 Å². The first kappa shape index (κ1) is 22.4. The summed E-state index contributed by atoms with van der Waals surface area (Å²) in [6, 6.07) is 23.3. The molecule has 0 saturated carbocycles. The fourth-order valence-electron chi connectivity index (χ4n) is 4.44. The molecule has 176 valence electrons. The summed E-state index contributed by atoms with van der Waals surface area (Å²) < 4.78 is 11.1. The van der Waals surface area contributed by atoms with Crippen molar-refractivity contribution in [2.24, 2.45) is 0 Å². The molecule has 34 heavy (non-hydrogen) atoms. The maximum absolute atomic E-state index is 12.6. The second-order valence-electron chi connectivity index (χ2n) is 8.33. The first-order valence-corrected chi connectivity index (χ1v) is 11.8. The Hall–Kier alpha value is -3.42. The largest absolute Gasteiger partial charge is 0.454 e. The highest BCUT2D eigenvalue weighted by atomic mass is 35.5. The molecule has 2 amide bonds. The van der Waals surface area contributed by atoms with Crippen molar-refractivity contribution in [2.75, 3.05) is 49.7 Å². The lowest BCUT2D eigenvalue weighted by Gasteiger charge is -2.40. The number of fused-ring (bicyclic) bond motifs is 1. The number of amides is 2. The van der Waals surface area contributed by atoms with Gasteiger partial charge in [0.1, 0.15) is 0 Å². The monoisotopic (exact) mass is 478 g/mol. The summed E-state index contributed by atoms with van der Waals surface area (Å²) >= 11 is 6.04. The normalized spacial score (nSPS) is 16.2. The SMILES string of the molecule is O=C(NC[C@@H](c1ccc2c(c1)OCO2)N1CCN(c2ccccc2)CC1)Nc1cccc(Cl)c1. The van der Waals surface area contributed by atoms with E-state index in [-0.39, 0.29) is 18.9 Å². The summed E-state index contributed by atoms with van der Waals surface area (Å²) in [5.74, 6) is 1.50. The topological polar surface area (TPSA) is 66.1 Å². The fraction of sp³-hybridized carbons (Fsp3) is 0.269. The van der Waals surface area contributed by atoms with Crippen molar-refractivity contribution in [3.05, 3.63) is 83.4 Å². The zero-order valence-electron chi connectivity index (χ0n) is 18.7. The number of hydrogen-bond acceptors (Lipinski definition) is 5. The van der Waals surface area contributed by atoms with Crippen LogP contribution in [0.15, 0.2) is 72.8 Å². The summed E-state index contributed by atoms with van der Waals surface area (Å²) in [4.78, 5) is 17.4. The molecule has 3 aromatic rings. The molecular weight excluding hydrogens is 452 g/mol. The predicted octanol–water partition coefficient (Wildman–Crippen LogP) is 4.75. The van der Waals surface area contributed by atoms with Gasteiger partial charge in [0.2, 0.25) is 6.79 Å². The molecule has 2 N–H and O–H groups in total. The van der Waals surface area contributed by atoms with Gasteiger partial charge in [0.25, 0.3) is 0 Å². The van der Waals surface area contributed by atoms with Crippen LogP contribution in [0, 0.1) is 0 Å². The van der Waals surface area contributed by atoms with Crippen molar-refractivity contribution < 1.29 is 14.3 Å². The molecule has 0 bridgehead atoms. The molecule has 0 spiro atoms. The van der Waals surface area contributed by atoms with Gasteiger partial charge in [-0.3, -0.25) is 4.90 Å². The Morgan fingerprint density at radius 1 is 0.912 bits per heavy atom. The Labute approximate surface area is 204 Å². The van der Waals surface area contributed by atoms with Crippen LogP contribution in [0.5, 0.6) is 11.5 Å². The van der Waals surface area contributed by atoms with Crippen LogP contribution < -0.4 is 25.0 Å². The molecule has 1 saturated heterocycles. The molecule has 1 atom stereocenters. The Kier molecular flexibility index (Phi) is 6.74. The van der Waals surface area contributed by atoms with E-state index >= 15 is 0 Å². The first-order valence-electron chi connectivity index (χ1n) is 11.4. The maximum atomic E-state index is 12.6. The number of carbonyl (C=O) groups is 1. The number of urea groups is 1. The van der Waals surface area contributed by atoms with Gasteiger partial charge in [-0.2, -0.15) is 0 Å². The van der Waals surface area contributed by atoms with E-state index in [1.165, 1.54) is 5.69 Å². The number of ether oxygens (including phenoxy) is 2. The van der Waals surface area contributed by atoms with E-state index in [1.54, 1.807) is 18.2 Å². The zero-order valence-corrected chi connectivity index (χ0v) is 19.5. The molecule has 0 aromatic heterocycles. The quantitative estimate of drug-likeness (QED) is 0.535. The molecule has 7 nitrogen and oxygen atoms in total. The minimum absolute atomic E-state index is 0.00228. The lowest BCUT2D eigenvalue weighted by molar-refractivity contribution is 0.173. The molecule has 5 rings (SSSR count). The molecule has 0 unspecified atom stereocenters. The number of halogens is 1. The van der Waals surface area contributed by atoms with Crippen LogP contribution in [-0.4, -0.2) is 50.4 Å². The highest BCUT2D eigenvalue weighted by molar-refractivity contribution is 6.30. The summed E-state index contributed by atoms with van der Waals surface area (Å²) in [7, 11) is 0. The third kappa shape index (κ3) is 5.21. The third-order valence-electron chi connectivity index (χ3n) is 6.20. The van der Waals surface area contributed by atoms with Crippen LogP contribution in [0.4, 0.5) is 16.2 Å². The van der Waals surface area contributed by atoms with E-state index in [1.807, 2.05) is 24.3 Å². The average molecular weight is 479 g/mol. The second-order valence-corrected chi connectivity index (χ2v) is 8.77. The average Bonchev–Trinajstić information content (AvgIpc) is 3.33. The first-order chi connectivity index (χ1) is 16.7. The van der Waals surface area contributed by atoms with Gasteiger partial charge >= 0.3 is 6.03 Å². The smallest absolute Gasteiger partial charge is 0.319 e. The third-order valence-corrected chi connectivity index (χ3v) is 6.43. The molecule has 1 fully saturated rings. The molecule has 0 aliphatic carbocycles. The minimum atomic E-state index is -0.268. The predicted molar refractivity (Wildman–Crippen MR) is 134 cm³/mol. The standard InChI is InChI=1S/C26H27ClN4O3/c27-20-5-4-6-21(16-20)29-26(32)28-17-23(19-9-10-24-25(15-19)34-18-33-24)31-13-11-30(12-14-31)22-7-2-1-3-8-22/h1-10,15-16,23H,11-14,17-18H2,(H2,28,29,32)/t23-/m0/s1. The van der Waals surface area contributed by atoms with E-state index in [0.717, 1.165) is 43.2 Å². The Balaban J connectivity index is 1.28. The van der Waals surface area contributed by atoms with Crippen LogP contribution >= 0.6 is 11.6 Å². The lowest BCUT2D eigenvalue weighted by atomic mass is 10.0. The highest BCUT2D eigenvalue weighted by Gasteiger charge is 2.27. The van der Waals surface area contributed by atoms with Crippen LogP contribution in [0.3, 0.4) is 0 Å². The van der Waals surface area contributed by atoms with Crippen molar-refractivity contribution >= 4 is 29.0 Å². The number of nitrogens with zero attached hydrogens (tertiary/aromatic N) is 2. The molecule has 3 aromatic carbocycles. The van der Waals surface area contributed by atoms with Gasteiger partial charge in [0.15, 0.2) is 11.5 Å². The number of anilines is 2. The number of para-hydroxylation sites is 1.